The van der Waals surface area contributed by atoms with Crippen LogP contribution in [0.3, 0.4) is 0 Å². The minimum atomic E-state index is -0.475. The number of hydrogen-bond donors (Lipinski definition) is 0. The second-order valence-electron chi connectivity index (χ2n) is 21.0. The summed E-state index contributed by atoms with van der Waals surface area (Å²) in [6.07, 6.45) is 0. The first kappa shape index (κ1) is 39.9. The van der Waals surface area contributed by atoms with Gasteiger partial charge in [0, 0.05) is 5.41 Å². The molecule has 0 N–H and O–H groups in total. The third kappa shape index (κ3) is 5.11. The van der Waals surface area contributed by atoms with Crippen LogP contribution in [0.2, 0.25) is 0 Å². The molecule has 334 valence electrons. The number of benzene rings is 13. The van der Waals surface area contributed by atoms with Crippen LogP contribution in [0.1, 0.15) is 47.2 Å². The van der Waals surface area contributed by atoms with Crippen LogP contribution < -0.4 is 0 Å². The van der Waals surface area contributed by atoms with Crippen LogP contribution in [0.4, 0.5) is 0 Å². The van der Waals surface area contributed by atoms with Gasteiger partial charge in [0.05, 0.1) is 5.41 Å². The van der Waals surface area contributed by atoms with Gasteiger partial charge in [0.1, 0.15) is 0 Å². The van der Waals surface area contributed by atoms with E-state index in [1.807, 2.05) is 0 Å². The van der Waals surface area contributed by atoms with Crippen LogP contribution in [-0.2, 0) is 10.8 Å². The van der Waals surface area contributed by atoms with Crippen molar-refractivity contribution in [3.63, 3.8) is 0 Å². The minimum Gasteiger partial charge on any atom is -0.0619 e. The highest BCUT2D eigenvalue weighted by atomic mass is 14.5. The lowest BCUT2D eigenvalue weighted by Crippen LogP contribution is -2.26. The molecule has 13 aromatic rings. The van der Waals surface area contributed by atoms with Crippen molar-refractivity contribution in [3.05, 3.63) is 276 Å². The lowest BCUT2D eigenvalue weighted by molar-refractivity contribution is 0.660. The van der Waals surface area contributed by atoms with Gasteiger partial charge in [0.25, 0.3) is 0 Å². The first-order valence-corrected chi connectivity index (χ1v) is 25.5. The summed E-state index contributed by atoms with van der Waals surface area (Å²) in [6, 6.07) is 92.3. The zero-order chi connectivity index (χ0) is 47.5. The van der Waals surface area contributed by atoms with E-state index in [9.17, 15) is 0 Å². The quantitative estimate of drug-likeness (QED) is 0.122. The third-order valence-corrected chi connectivity index (χ3v) is 17.2. The van der Waals surface area contributed by atoms with Gasteiger partial charge in [0.2, 0.25) is 0 Å². The molecule has 0 saturated carbocycles. The zero-order valence-electron chi connectivity index (χ0n) is 40.1. The van der Waals surface area contributed by atoms with E-state index in [2.05, 4.69) is 257 Å². The summed E-state index contributed by atoms with van der Waals surface area (Å²) in [7, 11) is 0. The van der Waals surface area contributed by atoms with Gasteiger partial charge in [-0.3, -0.25) is 0 Å². The van der Waals surface area contributed by atoms with E-state index >= 15 is 0 Å². The van der Waals surface area contributed by atoms with Gasteiger partial charge in [-0.2, -0.15) is 0 Å². The highest BCUT2D eigenvalue weighted by Crippen LogP contribution is 2.66. The Morgan fingerprint density at radius 3 is 1.31 bits per heavy atom. The van der Waals surface area contributed by atoms with Crippen molar-refractivity contribution >= 4 is 53.9 Å². The molecule has 0 heteroatoms. The Balaban J connectivity index is 0.877. The van der Waals surface area contributed by atoms with Crippen LogP contribution in [-0.4, -0.2) is 0 Å². The topological polar surface area (TPSA) is 0 Å². The van der Waals surface area contributed by atoms with E-state index < -0.39 is 5.41 Å². The molecule has 0 bridgehead atoms. The van der Waals surface area contributed by atoms with E-state index in [1.54, 1.807) is 0 Å². The van der Waals surface area contributed by atoms with Gasteiger partial charge < -0.3 is 0 Å². The summed E-state index contributed by atoms with van der Waals surface area (Å²) in [5.74, 6) is 0. The van der Waals surface area contributed by atoms with E-state index in [4.69, 9.17) is 0 Å². The molecule has 0 aromatic heterocycles. The third-order valence-electron chi connectivity index (χ3n) is 17.2. The van der Waals surface area contributed by atoms with Gasteiger partial charge >= 0.3 is 0 Å². The van der Waals surface area contributed by atoms with Gasteiger partial charge in [-0.05, 0) is 178 Å². The van der Waals surface area contributed by atoms with Crippen LogP contribution in [0, 0.1) is 0 Å². The Kier molecular flexibility index (Phi) is 7.98. The first-order valence-electron chi connectivity index (χ1n) is 25.5. The van der Waals surface area contributed by atoms with Gasteiger partial charge in [-0.15, -0.1) is 0 Å². The molecule has 72 heavy (non-hydrogen) atoms. The fraction of sp³-hybridized carbons (Fsp3) is 0.0556. The predicted molar refractivity (Wildman–Crippen MR) is 304 cm³/mol. The fourth-order valence-electron chi connectivity index (χ4n) is 14.2. The molecule has 16 rings (SSSR count). The van der Waals surface area contributed by atoms with Gasteiger partial charge in [0.15, 0.2) is 0 Å². The average molecular weight is 911 g/mol. The maximum Gasteiger partial charge on any atom is 0.0731 e. The van der Waals surface area contributed by atoms with Crippen LogP contribution in [0.25, 0.3) is 121 Å². The number of hydrogen-bond acceptors (Lipinski definition) is 0. The van der Waals surface area contributed by atoms with Gasteiger partial charge in [-0.25, -0.2) is 0 Å². The monoisotopic (exact) mass is 910 g/mol. The van der Waals surface area contributed by atoms with E-state index in [0.29, 0.717) is 0 Å². The SMILES string of the molecule is CC1(C)c2ccccc2-c2ccc(-c3c4ccccc4c(-c4ccc(-c5ccc6c7c(c8ccccc8c6c5)-c5cc6ccccc6cc5C75c6ccccc6-c6ccccc65)cc4)c4ccccc34)cc21. The summed E-state index contributed by atoms with van der Waals surface area (Å²) in [5.41, 5.74) is 23.3. The summed E-state index contributed by atoms with van der Waals surface area (Å²) >= 11 is 0. The van der Waals surface area contributed by atoms with E-state index in [1.165, 1.54) is 154 Å². The maximum absolute atomic E-state index is 2.51. The largest absolute Gasteiger partial charge is 0.0731 e. The Hall–Kier alpha value is -8.84. The lowest BCUT2D eigenvalue weighted by atomic mass is 9.69. The smallest absolute Gasteiger partial charge is 0.0619 e. The first-order chi connectivity index (χ1) is 35.5. The Labute approximate surface area is 419 Å². The van der Waals surface area contributed by atoms with Crippen molar-refractivity contribution in [2.24, 2.45) is 0 Å². The second-order valence-corrected chi connectivity index (χ2v) is 21.0. The molecule has 3 aliphatic carbocycles. The van der Waals surface area contributed by atoms with Crippen molar-refractivity contribution in [1.29, 1.82) is 0 Å². The maximum atomic E-state index is 2.51. The highest BCUT2D eigenvalue weighted by Gasteiger charge is 2.53. The average Bonchev–Trinajstić information content (AvgIpc) is 3.99. The molecule has 0 fully saturated rings. The van der Waals surface area contributed by atoms with Crippen LogP contribution >= 0.6 is 0 Å². The molecule has 0 nitrogen and oxygen atoms in total. The van der Waals surface area contributed by atoms with Gasteiger partial charge in [-0.1, -0.05) is 232 Å². The Morgan fingerprint density at radius 1 is 0.236 bits per heavy atom. The molecule has 0 unspecified atom stereocenters. The summed E-state index contributed by atoms with van der Waals surface area (Å²) in [4.78, 5) is 0. The molecule has 0 heterocycles. The van der Waals surface area contributed by atoms with Crippen molar-refractivity contribution in [1.82, 2.24) is 0 Å². The molecule has 3 aliphatic rings. The van der Waals surface area contributed by atoms with Crippen molar-refractivity contribution in [2.75, 3.05) is 0 Å². The molecule has 13 aromatic carbocycles. The molecule has 0 amide bonds. The molecule has 0 aliphatic heterocycles. The van der Waals surface area contributed by atoms with E-state index in [0.717, 1.165) is 0 Å². The molecular weight excluding hydrogens is 865 g/mol. The van der Waals surface area contributed by atoms with Crippen LogP contribution in [0.5, 0.6) is 0 Å². The molecule has 1 spiro atoms. The normalized spacial score (nSPS) is 14.2. The summed E-state index contributed by atoms with van der Waals surface area (Å²) in [6.45, 7) is 4.75. The zero-order valence-corrected chi connectivity index (χ0v) is 40.1. The predicted octanol–water partition coefficient (Wildman–Crippen LogP) is 19.1. The fourth-order valence-corrected chi connectivity index (χ4v) is 14.2. The van der Waals surface area contributed by atoms with Crippen molar-refractivity contribution < 1.29 is 0 Å². The molecule has 0 radical (unpaired) electrons. The van der Waals surface area contributed by atoms with Crippen molar-refractivity contribution in [3.8, 4) is 66.8 Å². The lowest BCUT2D eigenvalue weighted by Gasteiger charge is -2.32. The Bertz CT molecular complexity index is 4420. The van der Waals surface area contributed by atoms with Crippen molar-refractivity contribution in [2.45, 2.75) is 24.7 Å². The molecule has 0 saturated heterocycles. The summed E-state index contributed by atoms with van der Waals surface area (Å²) < 4.78 is 0. The highest BCUT2D eigenvalue weighted by molar-refractivity contribution is 6.23. The second kappa shape index (κ2) is 14.4. The van der Waals surface area contributed by atoms with E-state index in [-0.39, 0.29) is 5.41 Å². The standard InChI is InChI=1S/C72H46/c1-71(2)62-28-14-11-20-50(62)53-37-36-48(42-65(53)71)68-57-26-9-7-24-55(57)67(56-25-8-10-27-58(56)68)44-33-31-43(32-34-44)47-35-38-59-60(39-47)49-19-5-6-23-54(49)69-61-40-45-17-3-4-18-46(45)41-66(61)72(70(59)69)63-29-15-12-21-51(63)52-22-13-16-30-64(52)72/h3-42H,1-2H3. The Morgan fingerprint density at radius 2 is 0.681 bits per heavy atom. The molecule has 0 atom stereocenters. The number of fused-ring (bicyclic) bond motifs is 21. The number of rotatable bonds is 3. The van der Waals surface area contributed by atoms with Crippen LogP contribution in [0.15, 0.2) is 243 Å². The molecular formula is C72H46. The minimum absolute atomic E-state index is 0.0780. The summed E-state index contributed by atoms with van der Waals surface area (Å²) in [5, 5.41) is 12.8.